The van der Waals surface area contributed by atoms with Gasteiger partial charge >= 0.3 is 0 Å². The number of carbonyl (C=O) groups is 2. The van der Waals surface area contributed by atoms with Crippen LogP contribution < -0.4 is 4.74 Å². The Labute approximate surface area is 193 Å². The van der Waals surface area contributed by atoms with Gasteiger partial charge < -0.3 is 4.74 Å². The molecule has 0 bridgehead atoms. The molecule has 0 aromatic heterocycles. The zero-order chi connectivity index (χ0) is 22.6. The molecule has 0 fully saturated rings. The van der Waals surface area contributed by atoms with E-state index in [1.165, 1.54) is 70.6 Å². The topological polar surface area (TPSA) is 43.4 Å². The molecule has 0 saturated heterocycles. The van der Waals surface area contributed by atoms with Crippen LogP contribution in [0.3, 0.4) is 0 Å². The van der Waals surface area contributed by atoms with Crippen molar-refractivity contribution in [2.75, 3.05) is 6.61 Å². The van der Waals surface area contributed by atoms with Gasteiger partial charge in [0.05, 0.1) is 12.2 Å². The predicted octanol–water partition coefficient (Wildman–Crippen LogP) is 7.93. The van der Waals surface area contributed by atoms with Crippen molar-refractivity contribution in [1.29, 1.82) is 0 Å². The number of ketones is 2. The van der Waals surface area contributed by atoms with Crippen LogP contribution >= 0.6 is 0 Å². The Morgan fingerprint density at radius 3 is 1.66 bits per heavy atom. The van der Waals surface area contributed by atoms with Crippen molar-refractivity contribution in [2.45, 2.75) is 90.4 Å². The zero-order valence-electron chi connectivity index (χ0n) is 19.7. The highest BCUT2D eigenvalue weighted by Crippen LogP contribution is 2.33. The Kier molecular flexibility index (Phi) is 9.99. The molecule has 0 radical (unpaired) electrons. The summed E-state index contributed by atoms with van der Waals surface area (Å²) in [5, 5.41) is 0. The second kappa shape index (κ2) is 13.2. The zero-order valence-corrected chi connectivity index (χ0v) is 19.7. The summed E-state index contributed by atoms with van der Waals surface area (Å²) in [7, 11) is 0. The van der Waals surface area contributed by atoms with Gasteiger partial charge in [0.1, 0.15) is 5.75 Å². The molecule has 1 aliphatic carbocycles. The van der Waals surface area contributed by atoms with Crippen molar-refractivity contribution in [1.82, 2.24) is 0 Å². The number of hydrogen-bond donors (Lipinski definition) is 0. The third-order valence-corrected chi connectivity index (χ3v) is 6.42. The lowest BCUT2D eigenvalue weighted by Gasteiger charge is -2.20. The molecule has 3 nitrogen and oxygen atoms in total. The standard InChI is InChI=1S/C29H38O3/c1-2-3-4-5-6-7-8-9-10-11-12-13-16-22-32-26-21-17-20-25-27(26)29(31)24-19-15-14-18-23(24)28(25)30/h14-15,17-21H,2-13,16,22H2,1H3. The largest absolute Gasteiger partial charge is 0.493 e. The van der Waals surface area contributed by atoms with Gasteiger partial charge in [0, 0.05) is 16.7 Å². The second-order valence-electron chi connectivity index (χ2n) is 8.97. The van der Waals surface area contributed by atoms with Gasteiger partial charge in [-0.05, 0) is 12.5 Å². The Hall–Kier alpha value is -2.42. The van der Waals surface area contributed by atoms with Crippen molar-refractivity contribution in [3.8, 4) is 5.75 Å². The van der Waals surface area contributed by atoms with E-state index in [-0.39, 0.29) is 11.6 Å². The third kappa shape index (κ3) is 6.54. The highest BCUT2D eigenvalue weighted by molar-refractivity contribution is 6.29. The molecule has 1 aliphatic rings. The maximum Gasteiger partial charge on any atom is 0.198 e. The fourth-order valence-electron chi connectivity index (χ4n) is 4.54. The van der Waals surface area contributed by atoms with Crippen molar-refractivity contribution >= 4 is 11.6 Å². The maximum atomic E-state index is 13.0. The molecule has 172 valence electrons. The summed E-state index contributed by atoms with van der Waals surface area (Å²) >= 11 is 0. The van der Waals surface area contributed by atoms with Crippen molar-refractivity contribution < 1.29 is 14.3 Å². The third-order valence-electron chi connectivity index (χ3n) is 6.42. The molecular weight excluding hydrogens is 396 g/mol. The lowest BCUT2D eigenvalue weighted by Crippen LogP contribution is -2.21. The molecule has 3 heteroatoms. The van der Waals surface area contributed by atoms with Crippen LogP contribution in [0.25, 0.3) is 0 Å². The first-order chi connectivity index (χ1) is 15.7. The summed E-state index contributed by atoms with van der Waals surface area (Å²) < 4.78 is 5.97. The molecule has 0 saturated carbocycles. The second-order valence-corrected chi connectivity index (χ2v) is 8.97. The summed E-state index contributed by atoms with van der Waals surface area (Å²) in [6.07, 6.45) is 17.0. The van der Waals surface area contributed by atoms with Gasteiger partial charge in [-0.1, -0.05) is 120 Å². The number of carbonyl (C=O) groups excluding carboxylic acids is 2. The van der Waals surface area contributed by atoms with Gasteiger partial charge in [0.15, 0.2) is 11.6 Å². The van der Waals surface area contributed by atoms with Gasteiger partial charge in [-0.15, -0.1) is 0 Å². The van der Waals surface area contributed by atoms with Crippen LogP contribution in [0, 0.1) is 0 Å². The molecule has 0 heterocycles. The highest BCUT2D eigenvalue weighted by Gasteiger charge is 2.31. The van der Waals surface area contributed by atoms with Crippen molar-refractivity contribution in [3.05, 3.63) is 64.7 Å². The van der Waals surface area contributed by atoms with E-state index < -0.39 is 0 Å². The normalized spacial score (nSPS) is 12.5. The molecule has 0 amide bonds. The number of unbranched alkanes of at least 4 members (excludes halogenated alkanes) is 12. The summed E-state index contributed by atoms with van der Waals surface area (Å²) in [4.78, 5) is 25.8. The van der Waals surface area contributed by atoms with Crippen molar-refractivity contribution in [2.24, 2.45) is 0 Å². The first kappa shape index (κ1) is 24.2. The molecule has 0 N–H and O–H groups in total. The number of ether oxygens (including phenoxy) is 1. The van der Waals surface area contributed by atoms with Gasteiger partial charge in [-0.25, -0.2) is 0 Å². The summed E-state index contributed by atoms with van der Waals surface area (Å²) in [5.74, 6) is 0.326. The van der Waals surface area contributed by atoms with Crippen LogP contribution in [0.1, 0.15) is 122 Å². The minimum absolute atomic E-state index is 0.0957. The van der Waals surface area contributed by atoms with E-state index in [1.54, 1.807) is 42.5 Å². The van der Waals surface area contributed by atoms with Gasteiger partial charge in [-0.3, -0.25) is 9.59 Å². The summed E-state index contributed by atoms with van der Waals surface area (Å²) in [5.41, 5.74) is 1.84. The molecule has 0 aliphatic heterocycles. The first-order valence-electron chi connectivity index (χ1n) is 12.7. The van der Waals surface area contributed by atoms with Crippen molar-refractivity contribution in [3.63, 3.8) is 0 Å². The van der Waals surface area contributed by atoms with E-state index in [1.807, 2.05) is 0 Å². The Morgan fingerprint density at radius 2 is 1.06 bits per heavy atom. The first-order valence-corrected chi connectivity index (χ1v) is 12.7. The molecule has 2 aromatic carbocycles. The van der Waals surface area contributed by atoms with Gasteiger partial charge in [0.25, 0.3) is 0 Å². The Bertz CT molecular complexity index is 884. The molecule has 0 unspecified atom stereocenters. The molecule has 3 rings (SSSR count). The molecule has 0 atom stereocenters. The fraction of sp³-hybridized carbons (Fsp3) is 0.517. The minimum Gasteiger partial charge on any atom is -0.493 e. The Morgan fingerprint density at radius 1 is 0.562 bits per heavy atom. The van der Waals surface area contributed by atoms with E-state index >= 15 is 0 Å². The smallest absolute Gasteiger partial charge is 0.198 e. The van der Waals surface area contributed by atoms with Gasteiger partial charge in [0.2, 0.25) is 0 Å². The van der Waals surface area contributed by atoms with Crippen LogP contribution in [0.2, 0.25) is 0 Å². The van der Waals surface area contributed by atoms with Crippen LogP contribution in [-0.2, 0) is 0 Å². The van der Waals surface area contributed by atoms with E-state index in [0.29, 0.717) is 34.6 Å². The van der Waals surface area contributed by atoms with E-state index in [4.69, 9.17) is 4.74 Å². The summed E-state index contributed by atoms with van der Waals surface area (Å²) in [6.45, 7) is 2.85. The Balaban J connectivity index is 1.33. The molecule has 32 heavy (non-hydrogen) atoms. The number of benzene rings is 2. The maximum absolute atomic E-state index is 13.0. The number of fused-ring (bicyclic) bond motifs is 2. The van der Waals surface area contributed by atoms with Crippen LogP contribution in [0.15, 0.2) is 42.5 Å². The number of rotatable bonds is 15. The lowest BCUT2D eigenvalue weighted by molar-refractivity contribution is 0.0975. The lowest BCUT2D eigenvalue weighted by atomic mass is 9.83. The SMILES string of the molecule is CCCCCCCCCCCCCCCOc1cccc2c1C(=O)c1ccccc1C2=O. The monoisotopic (exact) mass is 434 g/mol. The molecule has 2 aromatic rings. The average Bonchev–Trinajstić information content (AvgIpc) is 2.82. The number of hydrogen-bond acceptors (Lipinski definition) is 3. The minimum atomic E-state index is -0.115. The quantitative estimate of drug-likeness (QED) is 0.228. The average molecular weight is 435 g/mol. The predicted molar refractivity (Wildman–Crippen MR) is 131 cm³/mol. The molecular formula is C29H38O3. The van der Waals surface area contributed by atoms with E-state index in [9.17, 15) is 9.59 Å². The highest BCUT2D eigenvalue weighted by atomic mass is 16.5. The van der Waals surface area contributed by atoms with Crippen LogP contribution in [0.5, 0.6) is 5.75 Å². The van der Waals surface area contributed by atoms with E-state index in [2.05, 4.69) is 6.92 Å². The fourth-order valence-corrected chi connectivity index (χ4v) is 4.54. The summed E-state index contributed by atoms with van der Waals surface area (Å²) in [6, 6.07) is 12.4. The molecule has 0 spiro atoms. The van der Waals surface area contributed by atoms with Gasteiger partial charge in [-0.2, -0.15) is 0 Å². The van der Waals surface area contributed by atoms with Crippen LogP contribution in [0.4, 0.5) is 0 Å². The van der Waals surface area contributed by atoms with E-state index in [0.717, 1.165) is 12.8 Å². The van der Waals surface area contributed by atoms with Crippen LogP contribution in [-0.4, -0.2) is 18.2 Å².